The molecule has 1 aliphatic rings. The molecule has 1 aliphatic heterocycles. The first-order chi connectivity index (χ1) is 13.3. The van der Waals surface area contributed by atoms with Gasteiger partial charge in [0.25, 0.3) is 5.91 Å². The summed E-state index contributed by atoms with van der Waals surface area (Å²) >= 11 is 5.89. The first-order valence-corrected chi connectivity index (χ1v) is 9.71. The normalized spacial score (nSPS) is 15.3. The summed E-state index contributed by atoms with van der Waals surface area (Å²) < 4.78 is 5.89. The second-order valence-electron chi connectivity index (χ2n) is 7.54. The zero-order chi connectivity index (χ0) is 20.3. The SMILES string of the molecule is CC(C)(Oc1ccc(Cl)cc1)C(=O)N1CCC(C(=O)c2ccc(O)cc2)CC1. The van der Waals surface area contributed by atoms with Crippen LogP contribution in [0.3, 0.4) is 0 Å². The Morgan fingerprint density at radius 3 is 2.18 bits per heavy atom. The molecule has 0 unspecified atom stereocenters. The van der Waals surface area contributed by atoms with Crippen molar-refractivity contribution in [3.63, 3.8) is 0 Å². The highest BCUT2D eigenvalue weighted by atomic mass is 35.5. The average molecular weight is 402 g/mol. The molecule has 6 heteroatoms. The van der Waals surface area contributed by atoms with E-state index < -0.39 is 5.60 Å². The van der Waals surface area contributed by atoms with Gasteiger partial charge in [-0.1, -0.05) is 11.6 Å². The number of piperidine rings is 1. The van der Waals surface area contributed by atoms with Crippen LogP contribution in [0.1, 0.15) is 37.0 Å². The second kappa shape index (κ2) is 8.23. The molecule has 148 valence electrons. The Morgan fingerprint density at radius 1 is 1.04 bits per heavy atom. The van der Waals surface area contributed by atoms with Gasteiger partial charge in [-0.25, -0.2) is 0 Å². The van der Waals surface area contributed by atoms with Gasteiger partial charge < -0.3 is 14.7 Å². The molecule has 5 nitrogen and oxygen atoms in total. The molecule has 1 amide bonds. The van der Waals surface area contributed by atoms with Gasteiger partial charge in [0.15, 0.2) is 11.4 Å². The molecule has 1 saturated heterocycles. The standard InChI is InChI=1S/C22H24ClNO4/c1-22(2,28-19-9-5-17(23)6-10-19)21(27)24-13-11-16(12-14-24)20(26)15-3-7-18(25)8-4-15/h3-10,16,25H,11-14H2,1-2H3. The van der Waals surface area contributed by atoms with E-state index >= 15 is 0 Å². The number of amides is 1. The topological polar surface area (TPSA) is 66.8 Å². The largest absolute Gasteiger partial charge is 0.508 e. The van der Waals surface area contributed by atoms with Crippen molar-refractivity contribution in [2.24, 2.45) is 5.92 Å². The Morgan fingerprint density at radius 2 is 1.61 bits per heavy atom. The molecule has 0 saturated carbocycles. The number of ether oxygens (including phenoxy) is 1. The Bertz CT molecular complexity index is 838. The number of carbonyl (C=O) groups excluding carboxylic acids is 2. The number of hydrogen-bond acceptors (Lipinski definition) is 4. The van der Waals surface area contributed by atoms with Gasteiger partial charge in [-0.05, 0) is 75.2 Å². The van der Waals surface area contributed by atoms with Crippen LogP contribution >= 0.6 is 11.6 Å². The molecule has 0 atom stereocenters. The van der Waals surface area contributed by atoms with E-state index in [0.29, 0.717) is 42.3 Å². The lowest BCUT2D eigenvalue weighted by molar-refractivity contribution is -0.146. The van der Waals surface area contributed by atoms with Crippen LogP contribution in [0.25, 0.3) is 0 Å². The van der Waals surface area contributed by atoms with E-state index in [0.717, 1.165) is 0 Å². The molecular weight excluding hydrogens is 378 g/mol. The lowest BCUT2D eigenvalue weighted by atomic mass is 9.88. The van der Waals surface area contributed by atoms with Crippen LogP contribution in [0.5, 0.6) is 11.5 Å². The molecule has 2 aromatic rings. The summed E-state index contributed by atoms with van der Waals surface area (Å²) in [5.41, 5.74) is -0.421. The van der Waals surface area contributed by atoms with Crippen molar-refractivity contribution < 1.29 is 19.4 Å². The summed E-state index contributed by atoms with van der Waals surface area (Å²) in [4.78, 5) is 27.3. The highest BCUT2D eigenvalue weighted by molar-refractivity contribution is 6.30. The molecule has 0 aliphatic carbocycles. The van der Waals surface area contributed by atoms with Gasteiger partial charge >= 0.3 is 0 Å². The van der Waals surface area contributed by atoms with Gasteiger partial charge in [0.2, 0.25) is 0 Å². The van der Waals surface area contributed by atoms with E-state index in [1.54, 1.807) is 55.1 Å². The summed E-state index contributed by atoms with van der Waals surface area (Å²) in [5, 5.41) is 9.97. The number of ketones is 1. The maximum absolute atomic E-state index is 12.9. The number of hydrogen-bond donors (Lipinski definition) is 1. The van der Waals surface area contributed by atoms with Crippen LogP contribution < -0.4 is 4.74 Å². The maximum atomic E-state index is 12.9. The number of phenols is 1. The second-order valence-corrected chi connectivity index (χ2v) is 7.98. The number of halogens is 1. The Hall–Kier alpha value is -2.53. The highest BCUT2D eigenvalue weighted by Crippen LogP contribution is 2.27. The van der Waals surface area contributed by atoms with Crippen molar-refractivity contribution in [1.82, 2.24) is 4.90 Å². The molecule has 0 bridgehead atoms. The molecular formula is C22H24ClNO4. The fourth-order valence-electron chi connectivity index (χ4n) is 3.43. The Balaban J connectivity index is 1.58. The van der Waals surface area contributed by atoms with E-state index in [-0.39, 0.29) is 23.4 Å². The Kier molecular flexibility index (Phi) is 5.94. The minimum atomic E-state index is -1.01. The predicted molar refractivity (Wildman–Crippen MR) is 108 cm³/mol. The van der Waals surface area contributed by atoms with Crippen LogP contribution in [-0.4, -0.2) is 40.4 Å². The van der Waals surface area contributed by atoms with Crippen LogP contribution in [0, 0.1) is 5.92 Å². The highest BCUT2D eigenvalue weighted by Gasteiger charge is 2.37. The van der Waals surface area contributed by atoms with Crippen LogP contribution in [-0.2, 0) is 4.79 Å². The van der Waals surface area contributed by atoms with Crippen molar-refractivity contribution >= 4 is 23.3 Å². The van der Waals surface area contributed by atoms with Crippen molar-refractivity contribution in [2.45, 2.75) is 32.3 Å². The maximum Gasteiger partial charge on any atom is 0.266 e. The lowest BCUT2D eigenvalue weighted by Crippen LogP contribution is -2.51. The van der Waals surface area contributed by atoms with E-state index in [9.17, 15) is 14.7 Å². The number of phenolic OH excluding ortho intramolecular Hbond substituents is 1. The van der Waals surface area contributed by atoms with Crippen LogP contribution in [0.2, 0.25) is 5.02 Å². The molecule has 0 radical (unpaired) electrons. The number of nitrogens with zero attached hydrogens (tertiary/aromatic N) is 1. The minimum absolute atomic E-state index is 0.0590. The molecule has 1 fully saturated rings. The van der Waals surface area contributed by atoms with Crippen molar-refractivity contribution in [3.05, 3.63) is 59.1 Å². The van der Waals surface area contributed by atoms with E-state index in [2.05, 4.69) is 0 Å². The molecule has 28 heavy (non-hydrogen) atoms. The summed E-state index contributed by atoms with van der Waals surface area (Å²) in [6.45, 7) is 4.52. The van der Waals surface area contributed by atoms with Gasteiger partial charge in [-0.15, -0.1) is 0 Å². The third kappa shape index (κ3) is 4.65. The van der Waals surface area contributed by atoms with Crippen molar-refractivity contribution in [2.75, 3.05) is 13.1 Å². The fourth-order valence-corrected chi connectivity index (χ4v) is 3.55. The van der Waals surface area contributed by atoms with Crippen LogP contribution in [0.4, 0.5) is 0 Å². The molecule has 3 rings (SSSR count). The van der Waals surface area contributed by atoms with Crippen molar-refractivity contribution in [1.29, 1.82) is 0 Å². The zero-order valence-electron chi connectivity index (χ0n) is 16.0. The quantitative estimate of drug-likeness (QED) is 0.757. The molecule has 2 aromatic carbocycles. The summed E-state index contributed by atoms with van der Waals surface area (Å²) in [7, 11) is 0. The number of carbonyl (C=O) groups is 2. The van der Waals surface area contributed by atoms with E-state index in [1.807, 2.05) is 0 Å². The van der Waals surface area contributed by atoms with Gasteiger partial charge in [-0.2, -0.15) is 0 Å². The smallest absolute Gasteiger partial charge is 0.266 e. The number of Topliss-reactive ketones (excluding diaryl/α,β-unsaturated/α-hetero) is 1. The predicted octanol–water partition coefficient (Wildman–Crippen LogP) is 4.32. The first-order valence-electron chi connectivity index (χ1n) is 9.33. The van der Waals surface area contributed by atoms with Gasteiger partial charge in [-0.3, -0.25) is 9.59 Å². The third-order valence-electron chi connectivity index (χ3n) is 5.01. The van der Waals surface area contributed by atoms with Crippen LogP contribution in [0.15, 0.2) is 48.5 Å². The number of likely N-dealkylation sites (tertiary alicyclic amines) is 1. The first kappa shape index (κ1) is 20.2. The monoisotopic (exact) mass is 401 g/mol. The zero-order valence-corrected chi connectivity index (χ0v) is 16.8. The van der Waals surface area contributed by atoms with Gasteiger partial charge in [0.05, 0.1) is 0 Å². The summed E-state index contributed by atoms with van der Waals surface area (Å²) in [5.74, 6) is 0.565. The lowest BCUT2D eigenvalue weighted by Gasteiger charge is -2.36. The number of rotatable bonds is 5. The average Bonchev–Trinajstić information content (AvgIpc) is 2.69. The third-order valence-corrected chi connectivity index (χ3v) is 5.26. The Labute approximate surface area is 169 Å². The number of aromatic hydroxyl groups is 1. The van der Waals surface area contributed by atoms with Crippen molar-refractivity contribution in [3.8, 4) is 11.5 Å². The van der Waals surface area contributed by atoms with E-state index in [4.69, 9.17) is 16.3 Å². The summed E-state index contributed by atoms with van der Waals surface area (Å²) in [6.07, 6.45) is 1.23. The van der Waals surface area contributed by atoms with E-state index in [1.165, 1.54) is 12.1 Å². The fraction of sp³-hybridized carbons (Fsp3) is 0.364. The summed E-state index contributed by atoms with van der Waals surface area (Å²) in [6, 6.07) is 13.2. The molecule has 0 spiro atoms. The molecule has 0 aromatic heterocycles. The molecule has 1 heterocycles. The van der Waals surface area contributed by atoms with Gasteiger partial charge in [0.1, 0.15) is 11.5 Å². The number of benzene rings is 2. The van der Waals surface area contributed by atoms with Gasteiger partial charge in [0, 0.05) is 29.6 Å². The molecule has 1 N–H and O–H groups in total. The minimum Gasteiger partial charge on any atom is -0.508 e.